The van der Waals surface area contributed by atoms with Crippen molar-refractivity contribution in [1.82, 2.24) is 29.6 Å². The van der Waals surface area contributed by atoms with Crippen LogP contribution in [-0.4, -0.2) is 29.6 Å². The minimum absolute atomic E-state index is 0.0236. The van der Waals surface area contributed by atoms with Crippen molar-refractivity contribution in [3.8, 4) is 22.0 Å². The maximum atomic E-state index is 13.9. The van der Waals surface area contributed by atoms with Crippen LogP contribution in [0.2, 0.25) is 0 Å². The summed E-state index contributed by atoms with van der Waals surface area (Å²) in [7, 11) is 1.80. The first kappa shape index (κ1) is 13.0. The van der Waals surface area contributed by atoms with E-state index >= 15 is 0 Å². The Morgan fingerprint density at radius 1 is 1.18 bits per heavy atom. The van der Waals surface area contributed by atoms with Crippen molar-refractivity contribution in [3.05, 3.63) is 42.2 Å². The van der Waals surface area contributed by atoms with Crippen LogP contribution in [0.1, 0.15) is 0 Å². The summed E-state index contributed by atoms with van der Waals surface area (Å²) in [5, 5.41) is 17.0. The molecule has 22 heavy (non-hydrogen) atoms. The Labute approximate surface area is 126 Å². The lowest BCUT2D eigenvalue weighted by Crippen LogP contribution is -1.94. The van der Waals surface area contributed by atoms with Crippen LogP contribution in [0, 0.1) is 11.6 Å². The Morgan fingerprint density at radius 2 is 2.05 bits per heavy atom. The van der Waals surface area contributed by atoms with Crippen LogP contribution in [0.3, 0.4) is 0 Å². The fourth-order valence-electron chi connectivity index (χ4n) is 2.10. The van der Waals surface area contributed by atoms with Crippen LogP contribution in [0.4, 0.5) is 8.78 Å². The number of rotatable bonds is 2. The number of hydrogen-bond acceptors (Lipinski definition) is 5. The lowest BCUT2D eigenvalue weighted by atomic mass is 10.2. The van der Waals surface area contributed by atoms with Crippen LogP contribution >= 0.6 is 11.3 Å². The molecular weight excluding hydrogens is 310 g/mol. The molecule has 0 aliphatic heterocycles. The second-order valence-corrected chi connectivity index (χ2v) is 5.61. The van der Waals surface area contributed by atoms with E-state index in [0.717, 1.165) is 23.8 Å². The second-order valence-electron chi connectivity index (χ2n) is 4.65. The van der Waals surface area contributed by atoms with E-state index in [-0.39, 0.29) is 11.4 Å². The molecule has 6 nitrogen and oxygen atoms in total. The van der Waals surface area contributed by atoms with E-state index in [2.05, 4.69) is 20.4 Å². The summed E-state index contributed by atoms with van der Waals surface area (Å²) >= 11 is 1.30. The molecule has 0 aliphatic carbocycles. The van der Waals surface area contributed by atoms with E-state index in [1.165, 1.54) is 15.9 Å². The second kappa shape index (κ2) is 4.67. The predicted octanol–water partition coefficient (Wildman–Crippen LogP) is 2.53. The minimum atomic E-state index is -0.577. The number of halogens is 2. The molecule has 0 N–H and O–H groups in total. The van der Waals surface area contributed by atoms with Gasteiger partial charge >= 0.3 is 0 Å². The fourth-order valence-corrected chi connectivity index (χ4v) is 2.92. The van der Waals surface area contributed by atoms with Gasteiger partial charge in [-0.25, -0.2) is 8.78 Å². The molecule has 0 unspecified atom stereocenters. The minimum Gasteiger partial charge on any atom is -0.275 e. The summed E-state index contributed by atoms with van der Waals surface area (Å²) in [6.45, 7) is 0. The summed E-state index contributed by atoms with van der Waals surface area (Å²) in [5.41, 5.74) is 0.846. The smallest absolute Gasteiger partial charge is 0.235 e. The number of benzene rings is 1. The lowest BCUT2D eigenvalue weighted by Gasteiger charge is -1.99. The Kier molecular flexibility index (Phi) is 2.76. The molecule has 3 aromatic heterocycles. The summed E-state index contributed by atoms with van der Waals surface area (Å²) in [5.74, 6) is -0.958. The average molecular weight is 318 g/mol. The number of aryl methyl sites for hydroxylation is 1. The summed E-state index contributed by atoms with van der Waals surface area (Å²) in [6.07, 6.45) is 3.49. The number of fused-ring (bicyclic) bond motifs is 1. The van der Waals surface area contributed by atoms with Gasteiger partial charge in [-0.3, -0.25) is 4.68 Å². The highest BCUT2D eigenvalue weighted by molar-refractivity contribution is 7.19. The monoisotopic (exact) mass is 318 g/mol. The maximum absolute atomic E-state index is 13.9. The molecule has 0 saturated heterocycles. The number of hydrogen-bond donors (Lipinski definition) is 0. The molecule has 0 aliphatic rings. The van der Waals surface area contributed by atoms with E-state index < -0.39 is 11.6 Å². The van der Waals surface area contributed by atoms with Gasteiger partial charge in [-0.2, -0.15) is 14.7 Å². The topological polar surface area (TPSA) is 60.9 Å². The van der Waals surface area contributed by atoms with Crippen molar-refractivity contribution in [2.75, 3.05) is 0 Å². The molecule has 0 fully saturated rings. The largest absolute Gasteiger partial charge is 0.275 e. The molecule has 9 heteroatoms. The third-order valence-electron chi connectivity index (χ3n) is 3.11. The molecule has 0 bridgehead atoms. The number of nitrogens with zero attached hydrogens (tertiary/aromatic N) is 6. The van der Waals surface area contributed by atoms with Crippen LogP contribution in [0.15, 0.2) is 30.6 Å². The van der Waals surface area contributed by atoms with Crippen LogP contribution in [-0.2, 0) is 7.05 Å². The molecule has 0 radical (unpaired) electrons. The first-order valence-electron chi connectivity index (χ1n) is 6.28. The first-order valence-corrected chi connectivity index (χ1v) is 7.10. The Hall–Kier alpha value is -2.68. The van der Waals surface area contributed by atoms with E-state index in [9.17, 15) is 8.78 Å². The average Bonchev–Trinajstić information content (AvgIpc) is 3.16. The van der Waals surface area contributed by atoms with Crippen molar-refractivity contribution in [2.24, 2.45) is 7.05 Å². The Balaban J connectivity index is 1.89. The quantitative estimate of drug-likeness (QED) is 0.570. The van der Waals surface area contributed by atoms with Gasteiger partial charge in [0, 0.05) is 13.2 Å². The zero-order valence-corrected chi connectivity index (χ0v) is 12.1. The standard InChI is InChI=1S/C13H8F2N6S/c1-20-6-7(5-16-20)12-19-21-11(17-18-13(21)22-12)9-4-8(14)2-3-10(9)15/h2-6H,1H3. The molecule has 0 spiro atoms. The van der Waals surface area contributed by atoms with Gasteiger partial charge in [0.2, 0.25) is 4.96 Å². The molecule has 1 aromatic carbocycles. The SMILES string of the molecule is Cn1cc(-c2nn3c(-c4cc(F)ccc4F)nnc3s2)cn1. The zero-order valence-electron chi connectivity index (χ0n) is 11.2. The summed E-state index contributed by atoms with van der Waals surface area (Å²) in [6, 6.07) is 3.19. The van der Waals surface area contributed by atoms with Gasteiger partial charge in [-0.05, 0) is 18.2 Å². The van der Waals surface area contributed by atoms with Crippen molar-refractivity contribution < 1.29 is 8.78 Å². The molecule has 0 amide bonds. The normalized spacial score (nSPS) is 11.4. The number of aromatic nitrogens is 6. The van der Waals surface area contributed by atoms with Crippen molar-refractivity contribution in [3.63, 3.8) is 0 Å². The first-order chi connectivity index (χ1) is 10.6. The van der Waals surface area contributed by atoms with Gasteiger partial charge in [0.05, 0.1) is 17.3 Å². The molecular formula is C13H8F2N6S. The molecule has 0 atom stereocenters. The lowest BCUT2D eigenvalue weighted by molar-refractivity contribution is 0.601. The van der Waals surface area contributed by atoms with Gasteiger partial charge < -0.3 is 0 Å². The van der Waals surface area contributed by atoms with Gasteiger partial charge in [-0.15, -0.1) is 10.2 Å². The van der Waals surface area contributed by atoms with Crippen molar-refractivity contribution in [1.29, 1.82) is 0 Å². The van der Waals surface area contributed by atoms with Gasteiger partial charge in [0.1, 0.15) is 11.6 Å². The van der Waals surface area contributed by atoms with E-state index in [1.54, 1.807) is 17.9 Å². The van der Waals surface area contributed by atoms with Gasteiger partial charge in [0.15, 0.2) is 10.8 Å². The van der Waals surface area contributed by atoms with Crippen LogP contribution < -0.4 is 0 Å². The third-order valence-corrected chi connectivity index (χ3v) is 4.06. The van der Waals surface area contributed by atoms with E-state index in [1.807, 2.05) is 6.20 Å². The zero-order chi connectivity index (χ0) is 15.3. The maximum Gasteiger partial charge on any atom is 0.235 e. The van der Waals surface area contributed by atoms with E-state index in [4.69, 9.17) is 0 Å². The van der Waals surface area contributed by atoms with Gasteiger partial charge in [-0.1, -0.05) is 11.3 Å². The molecule has 0 saturated carbocycles. The highest BCUT2D eigenvalue weighted by Crippen LogP contribution is 2.28. The molecule has 4 rings (SSSR count). The van der Waals surface area contributed by atoms with E-state index in [0.29, 0.717) is 9.97 Å². The predicted molar refractivity (Wildman–Crippen MR) is 76.2 cm³/mol. The van der Waals surface area contributed by atoms with Crippen molar-refractivity contribution in [2.45, 2.75) is 0 Å². The highest BCUT2D eigenvalue weighted by atomic mass is 32.1. The van der Waals surface area contributed by atoms with Crippen LogP contribution in [0.25, 0.3) is 26.9 Å². The molecule has 110 valence electrons. The fraction of sp³-hybridized carbons (Fsp3) is 0.0769. The van der Waals surface area contributed by atoms with Crippen molar-refractivity contribution >= 4 is 16.3 Å². The van der Waals surface area contributed by atoms with Crippen LogP contribution in [0.5, 0.6) is 0 Å². The highest BCUT2D eigenvalue weighted by Gasteiger charge is 2.18. The Morgan fingerprint density at radius 3 is 2.82 bits per heavy atom. The molecule has 4 aromatic rings. The third kappa shape index (κ3) is 1.98. The summed E-state index contributed by atoms with van der Waals surface area (Å²) in [4.78, 5) is 0.498. The molecule has 3 heterocycles. The Bertz CT molecular complexity index is 986. The van der Waals surface area contributed by atoms with Gasteiger partial charge in [0.25, 0.3) is 0 Å². The summed E-state index contributed by atoms with van der Waals surface area (Å²) < 4.78 is 30.3.